The fourth-order valence-electron chi connectivity index (χ4n) is 2.61. The first-order valence-electron chi connectivity index (χ1n) is 7.83. The van der Waals surface area contributed by atoms with Crippen LogP contribution in [-0.4, -0.2) is 18.3 Å². The van der Waals surface area contributed by atoms with Crippen LogP contribution in [0, 0.1) is 6.92 Å². The Morgan fingerprint density at radius 2 is 1.54 bits per heavy atom. The number of thioether (sulfide) groups is 1. The predicted octanol–water partition coefficient (Wildman–Crippen LogP) is 6.25. The lowest BCUT2D eigenvalue weighted by Gasteiger charge is -2.12. The van der Waals surface area contributed by atoms with E-state index in [1.807, 2.05) is 60.7 Å². The highest BCUT2D eigenvalue weighted by Crippen LogP contribution is 2.50. The zero-order valence-electron chi connectivity index (χ0n) is 14.2. The van der Waals surface area contributed by atoms with Crippen molar-refractivity contribution in [3.8, 4) is 21.6 Å². The number of methoxy groups -OCH3 is 1. The van der Waals surface area contributed by atoms with Crippen molar-refractivity contribution in [3.05, 3.63) is 66.2 Å². The maximum atomic E-state index is 14.1. The molecule has 0 N–H and O–H groups in total. The molecule has 0 aliphatic heterocycles. The lowest BCUT2D eigenvalue weighted by Crippen LogP contribution is -2.25. The van der Waals surface area contributed by atoms with Gasteiger partial charge < -0.3 is 4.74 Å². The van der Waals surface area contributed by atoms with Crippen LogP contribution in [0.5, 0.6) is 0 Å². The van der Waals surface area contributed by atoms with Gasteiger partial charge in [-0.15, -0.1) is 11.3 Å². The van der Waals surface area contributed by atoms with Crippen LogP contribution in [0.25, 0.3) is 21.6 Å². The van der Waals surface area contributed by atoms with Gasteiger partial charge in [-0.05, 0) is 35.4 Å². The summed E-state index contributed by atoms with van der Waals surface area (Å²) < 4.78 is 32.9. The van der Waals surface area contributed by atoms with Crippen LogP contribution >= 0.6 is 23.1 Å². The number of hydrogen-bond acceptors (Lipinski definition) is 4. The first kappa shape index (κ1) is 18.6. The molecule has 3 aromatic rings. The standard InChI is InChI=1S/C20H16F2O2S2/c1-13-16(14-9-5-3-6-10-14)17(15-11-7-4-8-12-15)25-18(13)26-20(21,22)19(23)24-2/h3-12H,1-2H3. The Morgan fingerprint density at radius 3 is 2.08 bits per heavy atom. The fraction of sp³-hybridized carbons (Fsp3) is 0.150. The third-order valence-electron chi connectivity index (χ3n) is 3.85. The van der Waals surface area contributed by atoms with E-state index in [0.29, 0.717) is 4.21 Å². The number of ether oxygens (including phenoxy) is 1. The maximum absolute atomic E-state index is 14.1. The lowest BCUT2D eigenvalue weighted by molar-refractivity contribution is -0.156. The van der Waals surface area contributed by atoms with Crippen LogP contribution in [0.1, 0.15) is 5.56 Å². The summed E-state index contributed by atoms with van der Waals surface area (Å²) in [6, 6.07) is 19.3. The molecule has 0 spiro atoms. The van der Waals surface area contributed by atoms with E-state index in [1.165, 1.54) is 11.3 Å². The molecule has 134 valence electrons. The lowest BCUT2D eigenvalue weighted by atomic mass is 9.99. The van der Waals surface area contributed by atoms with E-state index in [-0.39, 0.29) is 11.8 Å². The molecular weight excluding hydrogens is 374 g/mol. The van der Waals surface area contributed by atoms with Crippen LogP contribution in [0.2, 0.25) is 0 Å². The number of thiophene rings is 1. The van der Waals surface area contributed by atoms with E-state index < -0.39 is 11.2 Å². The first-order valence-corrected chi connectivity index (χ1v) is 9.47. The van der Waals surface area contributed by atoms with Crippen molar-refractivity contribution < 1.29 is 18.3 Å². The summed E-state index contributed by atoms with van der Waals surface area (Å²) >= 11 is 1.50. The van der Waals surface area contributed by atoms with Gasteiger partial charge in [0.15, 0.2) is 0 Å². The van der Waals surface area contributed by atoms with Gasteiger partial charge in [0, 0.05) is 10.4 Å². The van der Waals surface area contributed by atoms with E-state index in [0.717, 1.165) is 34.2 Å². The van der Waals surface area contributed by atoms with Crippen molar-refractivity contribution in [1.82, 2.24) is 0 Å². The van der Waals surface area contributed by atoms with Gasteiger partial charge in [-0.25, -0.2) is 4.79 Å². The van der Waals surface area contributed by atoms with E-state index >= 15 is 0 Å². The summed E-state index contributed by atoms with van der Waals surface area (Å²) in [4.78, 5) is 12.3. The van der Waals surface area contributed by atoms with Crippen LogP contribution in [0.4, 0.5) is 8.78 Å². The second-order valence-corrected chi connectivity index (χ2v) is 7.97. The number of hydrogen-bond donors (Lipinski definition) is 0. The molecule has 0 bridgehead atoms. The highest BCUT2D eigenvalue weighted by Gasteiger charge is 2.43. The molecule has 0 amide bonds. The molecule has 2 nitrogen and oxygen atoms in total. The molecule has 26 heavy (non-hydrogen) atoms. The molecule has 1 aromatic heterocycles. The minimum atomic E-state index is -3.63. The Bertz CT molecular complexity index is 906. The number of carbonyl (C=O) groups excluding carboxylic acids is 1. The summed E-state index contributed by atoms with van der Waals surface area (Å²) in [5.41, 5.74) is 3.54. The SMILES string of the molecule is COC(=O)C(F)(F)Sc1sc(-c2ccccc2)c(-c2ccccc2)c1C. The normalized spacial score (nSPS) is 11.4. The largest absolute Gasteiger partial charge is 0.464 e. The predicted molar refractivity (Wildman–Crippen MR) is 103 cm³/mol. The highest BCUT2D eigenvalue weighted by atomic mass is 32.2. The first-order chi connectivity index (χ1) is 12.4. The zero-order chi connectivity index (χ0) is 18.7. The topological polar surface area (TPSA) is 26.3 Å². The van der Waals surface area contributed by atoms with Crippen LogP contribution < -0.4 is 0 Å². The van der Waals surface area contributed by atoms with Crippen molar-refractivity contribution in [3.63, 3.8) is 0 Å². The molecule has 0 aliphatic carbocycles. The van der Waals surface area contributed by atoms with Crippen molar-refractivity contribution in [2.45, 2.75) is 16.4 Å². The Labute approximate surface area is 158 Å². The smallest absolute Gasteiger partial charge is 0.393 e. The van der Waals surface area contributed by atoms with Gasteiger partial charge in [0.1, 0.15) is 0 Å². The van der Waals surface area contributed by atoms with Crippen molar-refractivity contribution in [2.24, 2.45) is 0 Å². The Kier molecular flexibility index (Phi) is 5.44. The maximum Gasteiger partial charge on any atom is 0.393 e. The molecule has 0 atom stereocenters. The quantitative estimate of drug-likeness (QED) is 0.380. The van der Waals surface area contributed by atoms with Crippen LogP contribution in [-0.2, 0) is 9.53 Å². The van der Waals surface area contributed by atoms with Gasteiger partial charge in [-0.1, -0.05) is 60.7 Å². The average molecular weight is 390 g/mol. The van der Waals surface area contributed by atoms with Gasteiger partial charge in [0.25, 0.3) is 0 Å². The number of alkyl halides is 2. The molecule has 2 aromatic carbocycles. The van der Waals surface area contributed by atoms with E-state index in [4.69, 9.17) is 0 Å². The monoisotopic (exact) mass is 390 g/mol. The molecule has 6 heteroatoms. The highest BCUT2D eigenvalue weighted by molar-refractivity contribution is 8.02. The summed E-state index contributed by atoms with van der Waals surface area (Å²) in [5.74, 6) is -1.54. The van der Waals surface area contributed by atoms with Crippen molar-refractivity contribution >= 4 is 29.1 Å². The number of halogens is 2. The molecular formula is C20H16F2O2S2. The van der Waals surface area contributed by atoms with Gasteiger partial charge in [-0.2, -0.15) is 8.78 Å². The summed E-state index contributed by atoms with van der Waals surface area (Å²) in [7, 11) is 0.961. The summed E-state index contributed by atoms with van der Waals surface area (Å²) in [6.07, 6.45) is 0. The molecule has 0 unspecified atom stereocenters. The van der Waals surface area contributed by atoms with Gasteiger partial charge in [0.2, 0.25) is 0 Å². The van der Waals surface area contributed by atoms with Gasteiger partial charge in [-0.3, -0.25) is 0 Å². The molecule has 0 saturated carbocycles. The van der Waals surface area contributed by atoms with Crippen LogP contribution in [0.15, 0.2) is 64.9 Å². The van der Waals surface area contributed by atoms with E-state index in [1.54, 1.807) is 6.92 Å². The minimum absolute atomic E-state index is 0.240. The molecule has 0 aliphatic rings. The minimum Gasteiger partial charge on any atom is -0.464 e. The molecule has 1 heterocycles. The second-order valence-electron chi connectivity index (χ2n) is 5.56. The van der Waals surface area contributed by atoms with E-state index in [9.17, 15) is 13.6 Å². The van der Waals surface area contributed by atoms with E-state index in [2.05, 4.69) is 4.74 Å². The number of benzene rings is 2. The molecule has 3 rings (SSSR count). The Balaban J connectivity index is 2.14. The average Bonchev–Trinajstić information content (AvgIpc) is 2.98. The molecule has 0 fully saturated rings. The Morgan fingerprint density at radius 1 is 1.00 bits per heavy atom. The third kappa shape index (κ3) is 3.66. The third-order valence-corrected chi connectivity index (χ3v) is 6.40. The molecule has 0 radical (unpaired) electrons. The molecule has 0 saturated heterocycles. The summed E-state index contributed by atoms with van der Waals surface area (Å²) in [6.45, 7) is 1.81. The van der Waals surface area contributed by atoms with Gasteiger partial charge >= 0.3 is 11.2 Å². The summed E-state index contributed by atoms with van der Waals surface area (Å²) in [5, 5.41) is -3.63. The number of carbonyl (C=O) groups is 1. The zero-order valence-corrected chi connectivity index (χ0v) is 15.8. The second kappa shape index (κ2) is 7.60. The van der Waals surface area contributed by atoms with Gasteiger partial charge in [0.05, 0.1) is 11.3 Å². The van der Waals surface area contributed by atoms with Crippen LogP contribution in [0.3, 0.4) is 0 Å². The Hall–Kier alpha value is -2.18. The van der Waals surface area contributed by atoms with Crippen molar-refractivity contribution in [1.29, 1.82) is 0 Å². The number of esters is 1. The number of rotatable bonds is 5. The fourth-order valence-corrected chi connectivity index (χ4v) is 5.06. The van der Waals surface area contributed by atoms with Crippen molar-refractivity contribution in [2.75, 3.05) is 7.11 Å².